The predicted molar refractivity (Wildman–Crippen MR) is 91.3 cm³/mol. The number of rotatable bonds is 3. The van der Waals surface area contributed by atoms with E-state index in [1.165, 1.54) is 5.56 Å². The minimum atomic E-state index is 0.447. The maximum Gasteiger partial charge on any atom is 0.213 e. The van der Waals surface area contributed by atoms with Crippen LogP contribution < -0.4 is 0 Å². The van der Waals surface area contributed by atoms with Gasteiger partial charge in [0.1, 0.15) is 0 Å². The van der Waals surface area contributed by atoms with Crippen molar-refractivity contribution in [2.75, 3.05) is 0 Å². The molecule has 1 aromatic carbocycles. The second-order valence-corrected chi connectivity index (χ2v) is 6.01. The van der Waals surface area contributed by atoms with E-state index in [1.54, 1.807) is 0 Å². The Hall–Kier alpha value is -2.27. The Balaban J connectivity index is 1.96. The number of benzene rings is 1. The Labute approximate surface area is 134 Å². The normalized spacial score (nSPS) is 11.1. The average Bonchev–Trinajstić information content (AvgIpc) is 2.93. The molecule has 0 radical (unpaired) electrons. The van der Waals surface area contributed by atoms with Crippen molar-refractivity contribution in [1.29, 1.82) is 0 Å². The van der Waals surface area contributed by atoms with Gasteiger partial charge in [0, 0.05) is 16.8 Å². The number of nitrogens with one attached hydrogen (secondary N) is 2. The highest BCUT2D eigenvalue weighted by molar-refractivity contribution is 7.71. The largest absolute Gasteiger partial charge is 0.282 e. The Kier molecular flexibility index (Phi) is 3.90. The molecule has 0 amide bonds. The van der Waals surface area contributed by atoms with Gasteiger partial charge in [-0.2, -0.15) is 4.98 Å². The van der Waals surface area contributed by atoms with E-state index < -0.39 is 0 Å². The molecule has 0 unspecified atom stereocenters. The fourth-order valence-electron chi connectivity index (χ4n) is 2.41. The van der Waals surface area contributed by atoms with Crippen molar-refractivity contribution in [3.8, 4) is 22.6 Å². The van der Waals surface area contributed by atoms with Gasteiger partial charge in [0.15, 0.2) is 5.82 Å². The summed E-state index contributed by atoms with van der Waals surface area (Å²) in [5.41, 5.74) is 5.29. The van der Waals surface area contributed by atoms with Crippen molar-refractivity contribution in [2.24, 2.45) is 0 Å². The average molecular weight is 310 g/mol. The topological polar surface area (TPSA) is 57.4 Å². The van der Waals surface area contributed by atoms with Crippen LogP contribution >= 0.6 is 12.2 Å². The highest BCUT2D eigenvalue weighted by atomic mass is 32.1. The lowest BCUT2D eigenvalue weighted by molar-refractivity contribution is 0.867. The zero-order chi connectivity index (χ0) is 15.7. The molecule has 3 aromatic rings. The van der Waals surface area contributed by atoms with E-state index >= 15 is 0 Å². The number of aryl methyl sites for hydroxylation is 1. The standard InChI is InChI=1S/C17H18N4S/c1-10(2)12-4-6-13(7-5-12)15-9-8-14(11(3)18-15)16-19-17(22)21-20-16/h4-10H,1-3H3,(H2,19,20,21,22). The molecule has 4 nitrogen and oxygen atoms in total. The summed E-state index contributed by atoms with van der Waals surface area (Å²) < 4.78 is 0.447. The Morgan fingerprint density at radius 2 is 1.68 bits per heavy atom. The number of H-pyrrole nitrogens is 2. The van der Waals surface area contributed by atoms with Gasteiger partial charge in [-0.15, -0.1) is 0 Å². The van der Waals surface area contributed by atoms with Crippen LogP contribution in [0.5, 0.6) is 0 Å². The van der Waals surface area contributed by atoms with Gasteiger partial charge < -0.3 is 0 Å². The first-order valence-electron chi connectivity index (χ1n) is 7.27. The van der Waals surface area contributed by atoms with Crippen LogP contribution in [0.15, 0.2) is 36.4 Å². The third-order valence-corrected chi connectivity index (χ3v) is 3.91. The van der Waals surface area contributed by atoms with E-state index in [9.17, 15) is 0 Å². The fraction of sp³-hybridized carbons (Fsp3) is 0.235. The molecule has 0 saturated heterocycles. The van der Waals surface area contributed by atoms with Crippen LogP contribution in [0.4, 0.5) is 0 Å². The van der Waals surface area contributed by atoms with Gasteiger partial charge in [0.25, 0.3) is 0 Å². The molecule has 0 saturated carbocycles. The molecule has 5 heteroatoms. The van der Waals surface area contributed by atoms with Crippen molar-refractivity contribution in [1.82, 2.24) is 20.2 Å². The Morgan fingerprint density at radius 1 is 0.955 bits per heavy atom. The first kappa shape index (κ1) is 14.7. The quantitative estimate of drug-likeness (QED) is 0.694. The Bertz CT molecular complexity index is 844. The van der Waals surface area contributed by atoms with Crippen molar-refractivity contribution < 1.29 is 0 Å². The molecular formula is C17H18N4S. The highest BCUT2D eigenvalue weighted by Crippen LogP contribution is 2.25. The summed E-state index contributed by atoms with van der Waals surface area (Å²) in [4.78, 5) is 8.93. The number of hydrogen-bond acceptors (Lipinski definition) is 3. The van der Waals surface area contributed by atoms with Crippen LogP contribution in [0, 0.1) is 11.7 Å². The zero-order valence-electron chi connectivity index (χ0n) is 12.8. The second kappa shape index (κ2) is 5.85. The van der Waals surface area contributed by atoms with Crippen LogP contribution in [0.3, 0.4) is 0 Å². The van der Waals surface area contributed by atoms with Gasteiger partial charge in [-0.05, 0) is 42.8 Å². The third kappa shape index (κ3) is 2.85. The smallest absolute Gasteiger partial charge is 0.213 e. The molecule has 0 spiro atoms. The molecule has 0 aliphatic heterocycles. The zero-order valence-corrected chi connectivity index (χ0v) is 13.7. The van der Waals surface area contributed by atoms with Gasteiger partial charge in [0.05, 0.1) is 5.69 Å². The fourth-order valence-corrected chi connectivity index (χ4v) is 2.55. The van der Waals surface area contributed by atoms with Crippen LogP contribution in [-0.2, 0) is 0 Å². The van der Waals surface area contributed by atoms with E-state index in [0.717, 1.165) is 28.3 Å². The van der Waals surface area contributed by atoms with Gasteiger partial charge in [-0.25, -0.2) is 0 Å². The summed E-state index contributed by atoms with van der Waals surface area (Å²) in [6, 6.07) is 12.6. The van der Waals surface area contributed by atoms with Crippen molar-refractivity contribution in [3.63, 3.8) is 0 Å². The summed E-state index contributed by atoms with van der Waals surface area (Å²) in [6.45, 7) is 6.37. The van der Waals surface area contributed by atoms with Crippen molar-refractivity contribution >= 4 is 12.2 Å². The molecule has 2 aromatic heterocycles. The summed E-state index contributed by atoms with van der Waals surface area (Å²) in [5, 5.41) is 5.77. The highest BCUT2D eigenvalue weighted by Gasteiger charge is 2.09. The first-order valence-corrected chi connectivity index (χ1v) is 7.68. The van der Waals surface area contributed by atoms with Gasteiger partial charge in [-0.3, -0.25) is 15.2 Å². The van der Waals surface area contributed by atoms with Crippen LogP contribution in [0.25, 0.3) is 22.6 Å². The summed E-state index contributed by atoms with van der Waals surface area (Å²) >= 11 is 4.99. The minimum absolute atomic E-state index is 0.447. The lowest BCUT2D eigenvalue weighted by atomic mass is 10.0. The van der Waals surface area contributed by atoms with E-state index in [2.05, 4.69) is 53.3 Å². The first-order chi connectivity index (χ1) is 10.5. The molecule has 0 atom stereocenters. The van der Waals surface area contributed by atoms with Crippen molar-refractivity contribution in [2.45, 2.75) is 26.7 Å². The van der Waals surface area contributed by atoms with E-state index in [4.69, 9.17) is 17.2 Å². The SMILES string of the molecule is Cc1nc(-c2ccc(C(C)C)cc2)ccc1-c1nc(=S)[nH][nH]1. The van der Waals surface area contributed by atoms with Crippen LogP contribution in [0.1, 0.15) is 31.0 Å². The van der Waals surface area contributed by atoms with Crippen LogP contribution in [0.2, 0.25) is 0 Å². The van der Waals surface area contributed by atoms with Gasteiger partial charge in [-0.1, -0.05) is 38.1 Å². The Morgan fingerprint density at radius 3 is 2.23 bits per heavy atom. The van der Waals surface area contributed by atoms with E-state index in [1.807, 2.05) is 19.1 Å². The van der Waals surface area contributed by atoms with Crippen molar-refractivity contribution in [3.05, 3.63) is 52.4 Å². The summed E-state index contributed by atoms with van der Waals surface area (Å²) in [7, 11) is 0. The molecule has 2 N–H and O–H groups in total. The maximum atomic E-state index is 4.99. The van der Waals surface area contributed by atoms with E-state index in [0.29, 0.717) is 10.7 Å². The number of nitrogens with zero attached hydrogens (tertiary/aromatic N) is 2. The summed E-state index contributed by atoms with van der Waals surface area (Å²) in [5.74, 6) is 1.26. The van der Waals surface area contributed by atoms with Crippen LogP contribution in [-0.4, -0.2) is 20.2 Å². The number of pyridine rings is 1. The third-order valence-electron chi connectivity index (χ3n) is 3.72. The molecule has 0 aliphatic rings. The predicted octanol–water partition coefficient (Wildman–Crippen LogP) is 4.63. The molecule has 0 aliphatic carbocycles. The molecule has 3 rings (SSSR count). The molecular weight excluding hydrogens is 292 g/mol. The van der Waals surface area contributed by atoms with Gasteiger partial charge >= 0.3 is 0 Å². The second-order valence-electron chi connectivity index (χ2n) is 5.62. The molecule has 0 fully saturated rings. The molecule has 22 heavy (non-hydrogen) atoms. The summed E-state index contributed by atoms with van der Waals surface area (Å²) in [6.07, 6.45) is 0. The lowest BCUT2D eigenvalue weighted by Gasteiger charge is -2.08. The number of aromatic nitrogens is 4. The number of aromatic amines is 2. The molecule has 0 bridgehead atoms. The maximum absolute atomic E-state index is 4.99. The minimum Gasteiger partial charge on any atom is -0.282 e. The number of hydrogen-bond donors (Lipinski definition) is 2. The monoisotopic (exact) mass is 310 g/mol. The molecule has 112 valence electrons. The lowest BCUT2D eigenvalue weighted by Crippen LogP contribution is -1.93. The molecule has 2 heterocycles. The van der Waals surface area contributed by atoms with Gasteiger partial charge in [0.2, 0.25) is 4.77 Å². The van der Waals surface area contributed by atoms with E-state index in [-0.39, 0.29) is 0 Å².